The molecular formula is C17H18N2O. The van der Waals surface area contributed by atoms with Crippen molar-refractivity contribution >= 4 is 17.3 Å². The highest BCUT2D eigenvalue weighted by Gasteiger charge is 2.23. The molecule has 0 bridgehead atoms. The molecule has 0 saturated carbocycles. The van der Waals surface area contributed by atoms with Crippen molar-refractivity contribution in [3.63, 3.8) is 0 Å². The van der Waals surface area contributed by atoms with Crippen molar-refractivity contribution in [1.29, 1.82) is 0 Å². The number of aryl methyl sites for hydroxylation is 2. The molecule has 20 heavy (non-hydrogen) atoms. The Kier molecular flexibility index (Phi) is 3.42. The zero-order chi connectivity index (χ0) is 13.9. The molecule has 1 aliphatic heterocycles. The Hall–Kier alpha value is -2.29. The average Bonchev–Trinajstić information content (AvgIpc) is 2.49. The van der Waals surface area contributed by atoms with Crippen LogP contribution in [-0.4, -0.2) is 11.9 Å². The van der Waals surface area contributed by atoms with Gasteiger partial charge in [-0.05, 0) is 43.0 Å². The minimum absolute atomic E-state index is 0.0359. The first-order valence-corrected chi connectivity index (χ1v) is 6.95. The molecule has 1 atom stereocenters. The number of amides is 1. The SMILES string of the molecule is Cc1ccccc1NC(=O)C1CCc2ccccc2N1. The molecule has 0 spiro atoms. The molecule has 2 aromatic carbocycles. The second-order valence-electron chi connectivity index (χ2n) is 5.20. The molecule has 1 aliphatic rings. The summed E-state index contributed by atoms with van der Waals surface area (Å²) in [6.45, 7) is 2.00. The van der Waals surface area contributed by atoms with E-state index in [1.165, 1.54) is 5.56 Å². The van der Waals surface area contributed by atoms with E-state index in [0.29, 0.717) is 0 Å². The van der Waals surface area contributed by atoms with Crippen molar-refractivity contribution in [1.82, 2.24) is 0 Å². The van der Waals surface area contributed by atoms with Gasteiger partial charge in [0.1, 0.15) is 6.04 Å². The first-order chi connectivity index (χ1) is 9.74. The summed E-state index contributed by atoms with van der Waals surface area (Å²) in [5.41, 5.74) is 4.33. The second kappa shape index (κ2) is 5.37. The van der Waals surface area contributed by atoms with E-state index in [-0.39, 0.29) is 11.9 Å². The molecule has 2 aromatic rings. The summed E-state index contributed by atoms with van der Waals surface area (Å²) in [7, 11) is 0. The summed E-state index contributed by atoms with van der Waals surface area (Å²) in [6, 6.07) is 15.8. The van der Waals surface area contributed by atoms with Crippen molar-refractivity contribution in [2.24, 2.45) is 0 Å². The molecule has 3 nitrogen and oxygen atoms in total. The van der Waals surface area contributed by atoms with Gasteiger partial charge in [-0.15, -0.1) is 0 Å². The Balaban J connectivity index is 1.72. The van der Waals surface area contributed by atoms with E-state index in [2.05, 4.69) is 16.7 Å². The number of hydrogen-bond acceptors (Lipinski definition) is 2. The number of rotatable bonds is 2. The monoisotopic (exact) mass is 266 g/mol. The molecule has 0 radical (unpaired) electrons. The molecule has 1 unspecified atom stereocenters. The van der Waals surface area contributed by atoms with Crippen LogP contribution in [0.3, 0.4) is 0 Å². The summed E-state index contributed by atoms with van der Waals surface area (Å²) in [5.74, 6) is 0.0359. The van der Waals surface area contributed by atoms with Crippen LogP contribution in [-0.2, 0) is 11.2 Å². The number of benzene rings is 2. The number of fused-ring (bicyclic) bond motifs is 1. The van der Waals surface area contributed by atoms with Crippen molar-refractivity contribution in [3.05, 3.63) is 59.7 Å². The van der Waals surface area contributed by atoms with Crippen molar-refractivity contribution < 1.29 is 4.79 Å². The van der Waals surface area contributed by atoms with Gasteiger partial charge in [0.25, 0.3) is 0 Å². The van der Waals surface area contributed by atoms with Crippen LogP contribution in [0.15, 0.2) is 48.5 Å². The van der Waals surface area contributed by atoms with Crippen LogP contribution in [0.2, 0.25) is 0 Å². The number of anilines is 2. The topological polar surface area (TPSA) is 41.1 Å². The van der Waals surface area contributed by atoms with Gasteiger partial charge in [-0.25, -0.2) is 0 Å². The number of carbonyl (C=O) groups is 1. The Morgan fingerprint density at radius 3 is 2.75 bits per heavy atom. The lowest BCUT2D eigenvalue weighted by molar-refractivity contribution is -0.117. The minimum atomic E-state index is -0.162. The van der Waals surface area contributed by atoms with Gasteiger partial charge < -0.3 is 10.6 Å². The van der Waals surface area contributed by atoms with E-state index in [1.807, 2.05) is 49.4 Å². The van der Waals surface area contributed by atoms with Gasteiger partial charge in [0, 0.05) is 11.4 Å². The van der Waals surface area contributed by atoms with Crippen LogP contribution in [0.25, 0.3) is 0 Å². The number of hydrogen-bond donors (Lipinski definition) is 2. The Morgan fingerprint density at radius 2 is 1.90 bits per heavy atom. The van der Waals surface area contributed by atoms with Crippen molar-refractivity contribution in [3.8, 4) is 0 Å². The smallest absolute Gasteiger partial charge is 0.246 e. The largest absolute Gasteiger partial charge is 0.373 e. The van der Waals surface area contributed by atoms with Crippen molar-refractivity contribution in [2.75, 3.05) is 10.6 Å². The summed E-state index contributed by atoms with van der Waals surface area (Å²) >= 11 is 0. The normalized spacial score (nSPS) is 16.9. The maximum absolute atomic E-state index is 12.4. The molecule has 3 heteroatoms. The number of para-hydroxylation sites is 2. The third-order valence-corrected chi connectivity index (χ3v) is 3.77. The summed E-state index contributed by atoms with van der Waals surface area (Å²) in [6.07, 6.45) is 1.77. The van der Waals surface area contributed by atoms with Gasteiger partial charge >= 0.3 is 0 Å². The summed E-state index contributed by atoms with van der Waals surface area (Å²) < 4.78 is 0. The lowest BCUT2D eigenvalue weighted by Gasteiger charge is -2.26. The summed E-state index contributed by atoms with van der Waals surface area (Å²) in [5, 5.41) is 6.33. The van der Waals surface area contributed by atoms with Crippen LogP contribution in [0.1, 0.15) is 17.5 Å². The molecule has 0 fully saturated rings. The number of carbonyl (C=O) groups excluding carboxylic acids is 1. The predicted octanol–water partition coefficient (Wildman–Crippen LogP) is 3.36. The minimum Gasteiger partial charge on any atom is -0.373 e. The van der Waals surface area contributed by atoms with Crippen LogP contribution < -0.4 is 10.6 Å². The maximum atomic E-state index is 12.4. The molecule has 0 saturated heterocycles. The quantitative estimate of drug-likeness (QED) is 0.875. The fourth-order valence-corrected chi connectivity index (χ4v) is 2.57. The number of nitrogens with one attached hydrogen (secondary N) is 2. The lowest BCUT2D eigenvalue weighted by atomic mass is 9.97. The highest BCUT2D eigenvalue weighted by Crippen LogP contribution is 2.25. The van der Waals surface area contributed by atoms with Gasteiger partial charge in [0.15, 0.2) is 0 Å². The molecule has 3 rings (SSSR count). The molecule has 102 valence electrons. The third kappa shape index (κ3) is 2.52. The first-order valence-electron chi connectivity index (χ1n) is 6.95. The standard InChI is InChI=1S/C17H18N2O/c1-12-6-2-4-8-14(12)19-17(20)16-11-10-13-7-3-5-9-15(13)18-16/h2-9,16,18H,10-11H2,1H3,(H,19,20). The van der Waals surface area contributed by atoms with E-state index >= 15 is 0 Å². The molecule has 0 aliphatic carbocycles. The Morgan fingerprint density at radius 1 is 1.15 bits per heavy atom. The van der Waals surface area contributed by atoms with Crippen LogP contribution in [0, 0.1) is 6.92 Å². The highest BCUT2D eigenvalue weighted by atomic mass is 16.2. The summed E-state index contributed by atoms with van der Waals surface area (Å²) in [4.78, 5) is 12.4. The van der Waals surface area contributed by atoms with E-state index in [0.717, 1.165) is 29.8 Å². The van der Waals surface area contributed by atoms with Gasteiger partial charge in [-0.1, -0.05) is 36.4 Å². The predicted molar refractivity (Wildman–Crippen MR) is 82.0 cm³/mol. The van der Waals surface area contributed by atoms with Crippen molar-refractivity contribution in [2.45, 2.75) is 25.8 Å². The van der Waals surface area contributed by atoms with Crippen LogP contribution in [0.5, 0.6) is 0 Å². The zero-order valence-electron chi connectivity index (χ0n) is 11.5. The van der Waals surface area contributed by atoms with Gasteiger partial charge in [-0.2, -0.15) is 0 Å². The van der Waals surface area contributed by atoms with Gasteiger partial charge in [0.05, 0.1) is 0 Å². The maximum Gasteiger partial charge on any atom is 0.246 e. The molecule has 2 N–H and O–H groups in total. The van der Waals surface area contributed by atoms with E-state index in [9.17, 15) is 4.79 Å². The van der Waals surface area contributed by atoms with E-state index in [4.69, 9.17) is 0 Å². The second-order valence-corrected chi connectivity index (χ2v) is 5.20. The van der Waals surface area contributed by atoms with E-state index in [1.54, 1.807) is 0 Å². The highest BCUT2D eigenvalue weighted by molar-refractivity contribution is 5.97. The Labute approximate surface area is 119 Å². The molecule has 1 heterocycles. The van der Waals surface area contributed by atoms with Gasteiger partial charge in [0.2, 0.25) is 5.91 Å². The van der Waals surface area contributed by atoms with Crippen LogP contribution in [0.4, 0.5) is 11.4 Å². The fourth-order valence-electron chi connectivity index (χ4n) is 2.57. The zero-order valence-corrected chi connectivity index (χ0v) is 11.5. The molecule has 0 aromatic heterocycles. The van der Waals surface area contributed by atoms with Crippen LogP contribution >= 0.6 is 0 Å². The molecular weight excluding hydrogens is 248 g/mol. The average molecular weight is 266 g/mol. The Bertz CT molecular complexity index is 636. The van der Waals surface area contributed by atoms with Gasteiger partial charge in [-0.3, -0.25) is 4.79 Å². The lowest BCUT2D eigenvalue weighted by Crippen LogP contribution is -2.37. The third-order valence-electron chi connectivity index (χ3n) is 3.77. The first kappa shape index (κ1) is 12.7. The fraction of sp³-hybridized carbons (Fsp3) is 0.235. The van der Waals surface area contributed by atoms with E-state index < -0.39 is 0 Å². The molecule has 1 amide bonds.